The quantitative estimate of drug-likeness (QED) is 0.781. The fourth-order valence-electron chi connectivity index (χ4n) is 2.65. The number of primary amides is 1. The molecule has 0 saturated heterocycles. The van der Waals surface area contributed by atoms with Crippen LogP contribution in [-0.4, -0.2) is 28.6 Å². The highest BCUT2D eigenvalue weighted by Crippen LogP contribution is 2.22. The van der Waals surface area contributed by atoms with Crippen LogP contribution in [0.4, 0.5) is 0 Å². The lowest BCUT2D eigenvalue weighted by Gasteiger charge is -2.33. The van der Waals surface area contributed by atoms with E-state index in [0.717, 1.165) is 11.4 Å². The Kier molecular flexibility index (Phi) is 6.33. The number of nitrogens with zero attached hydrogens (tertiary/aromatic N) is 1. The molecule has 124 valence electrons. The highest BCUT2D eigenvalue weighted by atomic mass is 32.1. The normalized spacial score (nSPS) is 12.7. The summed E-state index contributed by atoms with van der Waals surface area (Å²) in [6, 6.07) is 12.1. The summed E-state index contributed by atoms with van der Waals surface area (Å²) in [6.45, 7) is 5.78. The second kappa shape index (κ2) is 8.24. The first kappa shape index (κ1) is 17.7. The molecule has 1 unspecified atom stereocenters. The van der Waals surface area contributed by atoms with Gasteiger partial charge < -0.3 is 10.8 Å². The summed E-state index contributed by atoms with van der Waals surface area (Å²) < 4.78 is 0. The van der Waals surface area contributed by atoms with Crippen LogP contribution >= 0.6 is 11.3 Å². The molecular formula is C18H24N2O2S. The summed E-state index contributed by atoms with van der Waals surface area (Å²) in [7, 11) is 0. The summed E-state index contributed by atoms with van der Waals surface area (Å²) in [4.78, 5) is 14.6. The summed E-state index contributed by atoms with van der Waals surface area (Å²) in [6.07, 6.45) is 0. The molecule has 3 N–H and O–H groups in total. The van der Waals surface area contributed by atoms with Gasteiger partial charge in [0.2, 0.25) is 5.91 Å². The van der Waals surface area contributed by atoms with E-state index in [4.69, 9.17) is 5.73 Å². The zero-order valence-corrected chi connectivity index (χ0v) is 14.4. The topological polar surface area (TPSA) is 66.6 Å². The minimum absolute atomic E-state index is 0.0642. The van der Waals surface area contributed by atoms with Crippen molar-refractivity contribution in [2.24, 2.45) is 11.7 Å². The minimum atomic E-state index is -0.398. The van der Waals surface area contributed by atoms with Crippen LogP contribution in [-0.2, 0) is 13.1 Å². The molecule has 1 aromatic carbocycles. The third-order valence-corrected chi connectivity index (χ3v) is 4.87. The van der Waals surface area contributed by atoms with Gasteiger partial charge in [0.25, 0.3) is 0 Å². The average molecular weight is 332 g/mol. The first-order chi connectivity index (χ1) is 11.0. The smallest absolute Gasteiger partial charge is 0.249 e. The molecule has 0 radical (unpaired) electrons. The summed E-state index contributed by atoms with van der Waals surface area (Å²) >= 11 is 1.53. The van der Waals surface area contributed by atoms with Crippen LogP contribution in [0.15, 0.2) is 41.8 Å². The van der Waals surface area contributed by atoms with Crippen LogP contribution in [0.3, 0.4) is 0 Å². The number of aliphatic hydroxyl groups excluding tert-OH is 1. The van der Waals surface area contributed by atoms with Gasteiger partial charge >= 0.3 is 0 Å². The number of nitrogens with two attached hydrogens (primary N) is 1. The number of rotatable bonds is 8. The highest BCUT2D eigenvalue weighted by molar-refractivity contribution is 7.10. The average Bonchev–Trinajstić information content (AvgIpc) is 2.97. The molecule has 23 heavy (non-hydrogen) atoms. The number of aliphatic hydroxyl groups is 1. The number of hydrogen-bond donors (Lipinski definition) is 2. The lowest BCUT2D eigenvalue weighted by atomic mass is 10.0. The van der Waals surface area contributed by atoms with Gasteiger partial charge in [-0.05, 0) is 17.5 Å². The van der Waals surface area contributed by atoms with E-state index in [1.54, 1.807) is 5.38 Å². The largest absolute Gasteiger partial charge is 0.395 e. The maximum atomic E-state index is 11.3. The Bertz CT molecular complexity index is 625. The molecule has 0 spiro atoms. The maximum absolute atomic E-state index is 11.3. The van der Waals surface area contributed by atoms with Crippen molar-refractivity contribution in [2.75, 3.05) is 6.61 Å². The van der Waals surface area contributed by atoms with Gasteiger partial charge in [-0.3, -0.25) is 9.69 Å². The van der Waals surface area contributed by atoms with E-state index in [1.807, 2.05) is 24.3 Å². The van der Waals surface area contributed by atoms with Crippen molar-refractivity contribution in [3.63, 3.8) is 0 Å². The molecule has 1 aromatic heterocycles. The van der Waals surface area contributed by atoms with Crippen molar-refractivity contribution in [3.05, 3.63) is 57.8 Å². The van der Waals surface area contributed by atoms with Gasteiger partial charge in [0.1, 0.15) is 0 Å². The Labute approximate surface area is 141 Å². The van der Waals surface area contributed by atoms with Crippen LogP contribution in [0, 0.1) is 5.92 Å². The monoisotopic (exact) mass is 332 g/mol. The van der Waals surface area contributed by atoms with E-state index < -0.39 is 5.91 Å². The fourth-order valence-corrected chi connectivity index (χ4v) is 3.55. The number of carbonyl (C=O) groups excluding carboxylic acids is 1. The molecule has 1 heterocycles. The van der Waals surface area contributed by atoms with E-state index in [2.05, 4.69) is 30.9 Å². The minimum Gasteiger partial charge on any atom is -0.395 e. The van der Waals surface area contributed by atoms with Crippen LogP contribution in [0.2, 0.25) is 0 Å². The number of hydrogen-bond acceptors (Lipinski definition) is 4. The second-order valence-corrected chi connectivity index (χ2v) is 7.05. The molecule has 5 heteroatoms. The van der Waals surface area contributed by atoms with Crippen molar-refractivity contribution in [3.8, 4) is 0 Å². The van der Waals surface area contributed by atoms with E-state index in [1.165, 1.54) is 16.9 Å². The molecule has 0 bridgehead atoms. The van der Waals surface area contributed by atoms with Crippen molar-refractivity contribution >= 4 is 17.2 Å². The highest BCUT2D eigenvalue weighted by Gasteiger charge is 2.22. The van der Waals surface area contributed by atoms with Crippen LogP contribution in [0.5, 0.6) is 0 Å². The van der Waals surface area contributed by atoms with Crippen LogP contribution < -0.4 is 5.73 Å². The van der Waals surface area contributed by atoms with Gasteiger partial charge in [-0.2, -0.15) is 0 Å². The number of thiophene rings is 1. The molecule has 0 saturated carbocycles. The molecule has 1 amide bonds. The zero-order chi connectivity index (χ0) is 16.8. The van der Waals surface area contributed by atoms with Gasteiger partial charge in [0.15, 0.2) is 0 Å². The van der Waals surface area contributed by atoms with Gasteiger partial charge in [-0.25, -0.2) is 0 Å². The molecular weight excluding hydrogens is 308 g/mol. The predicted octanol–water partition coefficient (Wildman–Crippen LogP) is 2.87. The van der Waals surface area contributed by atoms with Crippen molar-refractivity contribution in [1.29, 1.82) is 0 Å². The number of carbonyl (C=O) groups is 1. The zero-order valence-electron chi connectivity index (χ0n) is 13.6. The molecule has 2 aromatic rings. The molecule has 0 aliphatic carbocycles. The first-order valence-corrected chi connectivity index (χ1v) is 8.65. The Morgan fingerprint density at radius 3 is 2.48 bits per heavy atom. The second-order valence-electron chi connectivity index (χ2n) is 6.05. The third-order valence-electron chi connectivity index (χ3n) is 3.95. The lowest BCUT2D eigenvalue weighted by Crippen LogP contribution is -2.40. The van der Waals surface area contributed by atoms with Gasteiger partial charge in [-0.15, -0.1) is 11.3 Å². The lowest BCUT2D eigenvalue weighted by molar-refractivity contribution is 0.0792. The predicted molar refractivity (Wildman–Crippen MR) is 94.2 cm³/mol. The van der Waals surface area contributed by atoms with Crippen molar-refractivity contribution in [2.45, 2.75) is 33.0 Å². The summed E-state index contributed by atoms with van der Waals surface area (Å²) in [5, 5.41) is 11.6. The van der Waals surface area contributed by atoms with E-state index in [9.17, 15) is 9.90 Å². The Morgan fingerprint density at radius 1 is 1.26 bits per heavy atom. The van der Waals surface area contributed by atoms with Gasteiger partial charge in [0, 0.05) is 29.4 Å². The Balaban J connectivity index is 2.19. The first-order valence-electron chi connectivity index (χ1n) is 7.77. The SMILES string of the molecule is CC(C)C(CO)N(Cc1ccccc1)Cc1cc(C(N)=O)cs1. The van der Waals surface area contributed by atoms with Crippen LogP contribution in [0.1, 0.15) is 34.6 Å². The van der Waals surface area contributed by atoms with E-state index >= 15 is 0 Å². The number of benzene rings is 1. The Hall–Kier alpha value is -1.69. The standard InChI is InChI=1S/C18H24N2O2S/c1-13(2)17(11-21)20(9-14-6-4-3-5-7-14)10-16-8-15(12-23-16)18(19)22/h3-8,12-13,17,21H,9-11H2,1-2H3,(H2,19,22). The summed E-state index contributed by atoms with van der Waals surface area (Å²) in [5.74, 6) is -0.0658. The third kappa shape index (κ3) is 4.89. The molecule has 1 atom stereocenters. The van der Waals surface area contributed by atoms with Gasteiger partial charge in [0.05, 0.1) is 12.2 Å². The van der Waals surface area contributed by atoms with Crippen molar-refractivity contribution in [1.82, 2.24) is 4.90 Å². The molecule has 0 aliphatic rings. The molecule has 2 rings (SSSR count). The van der Waals surface area contributed by atoms with Crippen LogP contribution in [0.25, 0.3) is 0 Å². The summed E-state index contributed by atoms with van der Waals surface area (Å²) in [5.41, 5.74) is 7.09. The van der Waals surface area contributed by atoms with Gasteiger partial charge in [-0.1, -0.05) is 44.2 Å². The van der Waals surface area contributed by atoms with E-state index in [-0.39, 0.29) is 12.6 Å². The molecule has 0 aliphatic heterocycles. The Morgan fingerprint density at radius 2 is 1.96 bits per heavy atom. The number of amides is 1. The molecule has 0 fully saturated rings. The van der Waals surface area contributed by atoms with E-state index in [0.29, 0.717) is 18.0 Å². The fraction of sp³-hybridized carbons (Fsp3) is 0.389. The maximum Gasteiger partial charge on any atom is 0.249 e. The molecule has 4 nitrogen and oxygen atoms in total. The van der Waals surface area contributed by atoms with Crippen molar-refractivity contribution < 1.29 is 9.90 Å².